The lowest BCUT2D eigenvalue weighted by Gasteiger charge is -2.17. The summed E-state index contributed by atoms with van der Waals surface area (Å²) in [5.41, 5.74) is 7.66. The van der Waals surface area contributed by atoms with Crippen LogP contribution in [0.4, 0.5) is 0 Å². The molecule has 4 N–H and O–H groups in total. The van der Waals surface area contributed by atoms with Gasteiger partial charge in [-0.15, -0.1) is 0 Å². The second-order valence-electron chi connectivity index (χ2n) is 9.13. The normalized spacial score (nSPS) is 18.1. The Morgan fingerprint density at radius 1 is 1.19 bits per heavy atom. The van der Waals surface area contributed by atoms with Gasteiger partial charge in [-0.05, 0) is 48.9 Å². The molecule has 0 aliphatic carbocycles. The zero-order valence-electron chi connectivity index (χ0n) is 20.7. The van der Waals surface area contributed by atoms with Crippen molar-refractivity contribution in [3.63, 3.8) is 0 Å². The summed E-state index contributed by atoms with van der Waals surface area (Å²) in [6.45, 7) is 2.65. The van der Waals surface area contributed by atoms with Crippen LogP contribution in [0.1, 0.15) is 36.1 Å². The summed E-state index contributed by atoms with van der Waals surface area (Å²) in [6, 6.07) is 14.3. The highest BCUT2D eigenvalue weighted by atomic mass is 16.5. The van der Waals surface area contributed by atoms with Crippen LogP contribution >= 0.6 is 0 Å². The van der Waals surface area contributed by atoms with Gasteiger partial charge in [0.2, 0.25) is 5.91 Å². The monoisotopic (exact) mass is 492 g/mol. The largest absolute Gasteiger partial charge is 0.489 e. The molecule has 3 atom stereocenters. The van der Waals surface area contributed by atoms with Crippen LogP contribution in [0.5, 0.6) is 5.75 Å². The lowest BCUT2D eigenvalue weighted by atomic mass is 9.94. The Morgan fingerprint density at radius 2 is 1.94 bits per heavy atom. The standard InChI is InChI=1S/C27H32N4O5/c1-4-34-27(33)22(13-20-12-18-11-17(25(28)29)7-10-24(18)36-20)16-5-8-19(9-6-16)35-21-14-23(30-15-21)26(32)31(2)3/h5-12,21-23,30H,4,13-15H2,1-3H3,(H3,28,29)/t21-,22?,23-/m0/s1. The van der Waals surface area contributed by atoms with Crippen molar-refractivity contribution in [3.8, 4) is 5.75 Å². The van der Waals surface area contributed by atoms with Gasteiger partial charge >= 0.3 is 5.97 Å². The van der Waals surface area contributed by atoms with Gasteiger partial charge in [0.15, 0.2) is 0 Å². The van der Waals surface area contributed by atoms with Gasteiger partial charge in [-0.2, -0.15) is 0 Å². The number of likely N-dealkylation sites (N-methyl/N-ethyl adjacent to an activating group) is 1. The molecular weight excluding hydrogens is 460 g/mol. The molecule has 9 nitrogen and oxygen atoms in total. The van der Waals surface area contributed by atoms with Gasteiger partial charge in [-0.3, -0.25) is 15.0 Å². The molecular formula is C27H32N4O5. The molecule has 0 radical (unpaired) electrons. The Labute approximate surface area is 210 Å². The Morgan fingerprint density at radius 3 is 2.61 bits per heavy atom. The van der Waals surface area contributed by atoms with E-state index in [0.29, 0.717) is 42.0 Å². The molecule has 1 aliphatic heterocycles. The van der Waals surface area contributed by atoms with E-state index in [0.717, 1.165) is 10.9 Å². The van der Waals surface area contributed by atoms with Crippen molar-refractivity contribution in [2.75, 3.05) is 27.2 Å². The number of fused-ring (bicyclic) bond motifs is 1. The van der Waals surface area contributed by atoms with Crippen LogP contribution in [-0.2, 0) is 20.7 Å². The highest BCUT2D eigenvalue weighted by Crippen LogP contribution is 2.29. The van der Waals surface area contributed by atoms with E-state index >= 15 is 0 Å². The number of nitrogen functional groups attached to an aromatic ring is 1. The second kappa shape index (κ2) is 10.8. The first-order valence-electron chi connectivity index (χ1n) is 12.0. The lowest BCUT2D eigenvalue weighted by Crippen LogP contribution is -2.39. The molecule has 1 aliphatic rings. The number of hydrogen-bond acceptors (Lipinski definition) is 7. The molecule has 190 valence electrons. The number of furan rings is 1. The molecule has 0 spiro atoms. The number of rotatable bonds is 9. The number of esters is 1. The fourth-order valence-electron chi connectivity index (χ4n) is 4.41. The van der Waals surface area contributed by atoms with Crippen molar-refractivity contribution < 1.29 is 23.5 Å². The van der Waals surface area contributed by atoms with Gasteiger partial charge < -0.3 is 29.8 Å². The maximum Gasteiger partial charge on any atom is 0.313 e. The molecule has 0 bridgehead atoms. The summed E-state index contributed by atoms with van der Waals surface area (Å²) in [5, 5.41) is 11.7. The van der Waals surface area contributed by atoms with Gasteiger partial charge in [0.25, 0.3) is 0 Å². The highest BCUT2D eigenvalue weighted by molar-refractivity contribution is 5.98. The van der Waals surface area contributed by atoms with Crippen LogP contribution < -0.4 is 15.8 Å². The molecule has 1 amide bonds. The topological polar surface area (TPSA) is 131 Å². The van der Waals surface area contributed by atoms with Crippen molar-refractivity contribution in [1.29, 1.82) is 5.41 Å². The highest BCUT2D eigenvalue weighted by Gasteiger charge is 2.31. The average Bonchev–Trinajstić information content (AvgIpc) is 3.48. The number of nitrogens with two attached hydrogens (primary N) is 1. The Bertz CT molecular complexity index is 1250. The number of carbonyl (C=O) groups excluding carboxylic acids is 2. The number of carbonyl (C=O) groups is 2. The third-order valence-electron chi connectivity index (χ3n) is 6.27. The molecule has 0 saturated carbocycles. The molecule has 2 aromatic carbocycles. The summed E-state index contributed by atoms with van der Waals surface area (Å²) in [7, 11) is 3.48. The summed E-state index contributed by atoms with van der Waals surface area (Å²) in [6.07, 6.45) is 0.812. The lowest BCUT2D eigenvalue weighted by molar-refractivity contribution is -0.145. The van der Waals surface area contributed by atoms with E-state index in [1.165, 1.54) is 0 Å². The number of hydrogen-bond donors (Lipinski definition) is 3. The van der Waals surface area contributed by atoms with E-state index in [4.69, 9.17) is 25.0 Å². The number of benzene rings is 2. The second-order valence-corrected chi connectivity index (χ2v) is 9.13. The maximum atomic E-state index is 12.8. The predicted molar refractivity (Wildman–Crippen MR) is 136 cm³/mol. The van der Waals surface area contributed by atoms with E-state index in [1.54, 1.807) is 44.1 Å². The fraction of sp³-hybridized carbons (Fsp3) is 0.370. The van der Waals surface area contributed by atoms with Gasteiger partial charge in [0.1, 0.15) is 29.0 Å². The molecule has 3 aromatic rings. The minimum atomic E-state index is -0.554. The van der Waals surface area contributed by atoms with Crippen LogP contribution in [0.15, 0.2) is 52.9 Å². The summed E-state index contributed by atoms with van der Waals surface area (Å²) in [5.74, 6) is 0.448. The third kappa shape index (κ3) is 5.68. The molecule has 1 unspecified atom stereocenters. The number of ether oxygens (including phenoxy) is 2. The minimum Gasteiger partial charge on any atom is -0.489 e. The van der Waals surface area contributed by atoms with Crippen molar-refractivity contribution >= 4 is 28.7 Å². The zero-order valence-corrected chi connectivity index (χ0v) is 20.7. The Hall–Kier alpha value is -3.85. The molecule has 1 saturated heterocycles. The first-order valence-corrected chi connectivity index (χ1v) is 12.0. The SMILES string of the molecule is CCOC(=O)C(Cc1cc2cc(C(=N)N)ccc2o1)c1ccc(O[C@@H]2CN[C@H](C(=O)N(C)C)C2)cc1. The number of nitrogens with zero attached hydrogens (tertiary/aromatic N) is 1. The smallest absolute Gasteiger partial charge is 0.313 e. The molecule has 1 aromatic heterocycles. The van der Waals surface area contributed by atoms with E-state index in [1.807, 2.05) is 30.3 Å². The van der Waals surface area contributed by atoms with Gasteiger partial charge in [-0.25, -0.2) is 0 Å². The molecule has 2 heterocycles. The minimum absolute atomic E-state index is 0.0143. The van der Waals surface area contributed by atoms with Gasteiger partial charge in [-0.1, -0.05) is 12.1 Å². The summed E-state index contributed by atoms with van der Waals surface area (Å²) >= 11 is 0. The maximum absolute atomic E-state index is 12.8. The number of amides is 1. The fourth-order valence-corrected chi connectivity index (χ4v) is 4.41. The van der Waals surface area contributed by atoms with E-state index < -0.39 is 5.92 Å². The van der Waals surface area contributed by atoms with Crippen molar-refractivity contribution in [2.45, 2.75) is 37.8 Å². The van der Waals surface area contributed by atoms with Crippen LogP contribution in [0.25, 0.3) is 11.0 Å². The molecule has 1 fully saturated rings. The first-order chi connectivity index (χ1) is 17.2. The van der Waals surface area contributed by atoms with Crippen molar-refractivity contribution in [3.05, 3.63) is 65.4 Å². The van der Waals surface area contributed by atoms with Crippen molar-refractivity contribution in [2.24, 2.45) is 5.73 Å². The van der Waals surface area contributed by atoms with Crippen LogP contribution in [0.3, 0.4) is 0 Å². The zero-order chi connectivity index (χ0) is 25.8. The number of amidine groups is 1. The molecule has 36 heavy (non-hydrogen) atoms. The number of nitrogens with one attached hydrogen (secondary N) is 2. The summed E-state index contributed by atoms with van der Waals surface area (Å²) < 4.78 is 17.4. The van der Waals surface area contributed by atoms with E-state index in [2.05, 4.69) is 5.32 Å². The van der Waals surface area contributed by atoms with Crippen molar-refractivity contribution in [1.82, 2.24) is 10.2 Å². The molecule has 4 rings (SSSR count). The Balaban J connectivity index is 1.48. The van der Waals surface area contributed by atoms with Crippen LogP contribution in [0.2, 0.25) is 0 Å². The first kappa shape index (κ1) is 25.2. The molecule has 9 heteroatoms. The van der Waals surface area contributed by atoms with Gasteiger partial charge in [0, 0.05) is 44.4 Å². The quantitative estimate of drug-likeness (QED) is 0.238. The summed E-state index contributed by atoms with van der Waals surface area (Å²) in [4.78, 5) is 26.6. The third-order valence-corrected chi connectivity index (χ3v) is 6.27. The van der Waals surface area contributed by atoms with E-state index in [9.17, 15) is 9.59 Å². The average molecular weight is 493 g/mol. The Kier molecular flexibility index (Phi) is 7.59. The van der Waals surface area contributed by atoms with Gasteiger partial charge in [0.05, 0.1) is 18.6 Å². The predicted octanol–water partition coefficient (Wildman–Crippen LogP) is 2.80. The van der Waals surface area contributed by atoms with E-state index in [-0.39, 0.29) is 36.5 Å². The van der Waals surface area contributed by atoms with Crippen LogP contribution in [-0.4, -0.2) is 62.0 Å². The van der Waals surface area contributed by atoms with Crippen LogP contribution in [0, 0.1) is 5.41 Å².